The fraction of sp³-hybridized carbons (Fsp3) is 0.724. The molecule has 194 valence electrons. The van der Waals surface area contributed by atoms with Crippen molar-refractivity contribution >= 4 is 11.7 Å². The number of Topliss-reactive ketones (excluding diaryl/α,β-unsaturated/α-hetero) is 1. The SMILES string of the molecule is CO[C@H]1CC[C@H](CC(=O)NC2CCC(CCN3CCC(C(=O)c4ccc(F)cc4)CC3)CC2)CC1. The van der Waals surface area contributed by atoms with E-state index in [2.05, 4.69) is 10.2 Å². The maximum atomic E-state index is 13.1. The van der Waals surface area contributed by atoms with Crippen LogP contribution in [0, 0.1) is 23.6 Å². The highest BCUT2D eigenvalue weighted by Crippen LogP contribution is 2.30. The van der Waals surface area contributed by atoms with Gasteiger partial charge < -0.3 is 15.0 Å². The summed E-state index contributed by atoms with van der Waals surface area (Å²) >= 11 is 0. The second kappa shape index (κ2) is 13.0. The number of ether oxygens (including phenoxy) is 1. The number of amides is 1. The van der Waals surface area contributed by atoms with Crippen LogP contribution < -0.4 is 5.32 Å². The lowest BCUT2D eigenvalue weighted by Crippen LogP contribution is -2.40. The Labute approximate surface area is 210 Å². The molecule has 3 aliphatic rings. The molecule has 2 aliphatic carbocycles. The molecule has 6 heteroatoms. The van der Waals surface area contributed by atoms with Gasteiger partial charge in [-0.1, -0.05) is 0 Å². The number of ketones is 1. The second-order valence-corrected chi connectivity index (χ2v) is 11.1. The number of benzene rings is 1. The van der Waals surface area contributed by atoms with Crippen molar-refractivity contribution in [1.29, 1.82) is 0 Å². The van der Waals surface area contributed by atoms with E-state index in [0.29, 0.717) is 30.0 Å². The molecule has 3 fully saturated rings. The first-order valence-corrected chi connectivity index (χ1v) is 13.8. The molecule has 1 N–H and O–H groups in total. The number of rotatable bonds is 9. The van der Waals surface area contributed by atoms with E-state index >= 15 is 0 Å². The van der Waals surface area contributed by atoms with Crippen LogP contribution in [0.2, 0.25) is 0 Å². The quantitative estimate of drug-likeness (QED) is 0.476. The summed E-state index contributed by atoms with van der Waals surface area (Å²) in [5.74, 6) is 1.43. The summed E-state index contributed by atoms with van der Waals surface area (Å²) in [7, 11) is 1.79. The Bertz CT molecular complexity index is 806. The number of methoxy groups -OCH3 is 1. The second-order valence-electron chi connectivity index (χ2n) is 11.1. The molecule has 0 aromatic heterocycles. The molecule has 1 saturated heterocycles. The van der Waals surface area contributed by atoms with E-state index in [1.165, 1.54) is 31.4 Å². The third-order valence-corrected chi connectivity index (χ3v) is 8.75. The van der Waals surface area contributed by atoms with E-state index in [-0.39, 0.29) is 23.4 Å². The Morgan fingerprint density at radius 1 is 0.914 bits per heavy atom. The van der Waals surface area contributed by atoms with Crippen molar-refractivity contribution in [2.75, 3.05) is 26.7 Å². The van der Waals surface area contributed by atoms with Gasteiger partial charge in [0.05, 0.1) is 6.10 Å². The van der Waals surface area contributed by atoms with Crippen molar-refractivity contribution in [3.63, 3.8) is 0 Å². The molecule has 0 atom stereocenters. The molecule has 2 saturated carbocycles. The van der Waals surface area contributed by atoms with Gasteiger partial charge in [0.1, 0.15) is 5.82 Å². The smallest absolute Gasteiger partial charge is 0.220 e. The van der Waals surface area contributed by atoms with E-state index in [0.717, 1.165) is 76.9 Å². The Morgan fingerprint density at radius 2 is 1.54 bits per heavy atom. The minimum atomic E-state index is -0.298. The van der Waals surface area contributed by atoms with Crippen LogP contribution in [0.1, 0.15) is 87.4 Å². The Hall–Kier alpha value is -1.79. The third-order valence-electron chi connectivity index (χ3n) is 8.75. The maximum absolute atomic E-state index is 13.1. The first-order valence-electron chi connectivity index (χ1n) is 13.8. The van der Waals surface area contributed by atoms with Crippen LogP contribution >= 0.6 is 0 Å². The van der Waals surface area contributed by atoms with Gasteiger partial charge in [0.25, 0.3) is 0 Å². The predicted octanol–water partition coefficient (Wildman–Crippen LogP) is 5.38. The van der Waals surface area contributed by atoms with Crippen molar-refractivity contribution in [1.82, 2.24) is 10.2 Å². The maximum Gasteiger partial charge on any atom is 0.220 e. The number of likely N-dealkylation sites (tertiary alicyclic amines) is 1. The van der Waals surface area contributed by atoms with E-state index in [1.54, 1.807) is 19.2 Å². The highest BCUT2D eigenvalue weighted by atomic mass is 19.1. The Kier molecular flexibility index (Phi) is 9.73. The molecule has 35 heavy (non-hydrogen) atoms. The number of hydrogen-bond donors (Lipinski definition) is 1. The molecule has 0 unspecified atom stereocenters. The number of nitrogens with zero attached hydrogens (tertiary/aromatic N) is 1. The summed E-state index contributed by atoms with van der Waals surface area (Å²) in [5.41, 5.74) is 0.632. The van der Waals surface area contributed by atoms with Gasteiger partial charge in [-0.25, -0.2) is 4.39 Å². The molecule has 4 rings (SSSR count). The van der Waals surface area contributed by atoms with Crippen LogP contribution in [0.5, 0.6) is 0 Å². The van der Waals surface area contributed by atoms with Crippen LogP contribution in [-0.2, 0) is 9.53 Å². The largest absolute Gasteiger partial charge is 0.381 e. The lowest BCUT2D eigenvalue weighted by Gasteiger charge is -2.34. The number of carbonyl (C=O) groups excluding carboxylic acids is 2. The number of carbonyl (C=O) groups is 2. The highest BCUT2D eigenvalue weighted by Gasteiger charge is 2.28. The normalized spacial score (nSPS) is 28.5. The fourth-order valence-corrected chi connectivity index (χ4v) is 6.35. The van der Waals surface area contributed by atoms with Gasteiger partial charge >= 0.3 is 0 Å². The van der Waals surface area contributed by atoms with Gasteiger partial charge in [-0.05, 0) is 126 Å². The van der Waals surface area contributed by atoms with Crippen molar-refractivity contribution in [2.45, 2.75) is 89.2 Å². The third kappa shape index (κ3) is 7.85. The molecule has 0 radical (unpaired) electrons. The Morgan fingerprint density at radius 3 is 2.17 bits per heavy atom. The lowest BCUT2D eigenvalue weighted by molar-refractivity contribution is -0.123. The van der Waals surface area contributed by atoms with Crippen molar-refractivity contribution in [2.24, 2.45) is 17.8 Å². The van der Waals surface area contributed by atoms with E-state index < -0.39 is 0 Å². The number of piperidine rings is 1. The highest BCUT2D eigenvalue weighted by molar-refractivity contribution is 5.97. The molecule has 1 aromatic rings. The zero-order valence-corrected chi connectivity index (χ0v) is 21.4. The van der Waals surface area contributed by atoms with Gasteiger partial charge in [-0.3, -0.25) is 9.59 Å². The van der Waals surface area contributed by atoms with E-state index in [9.17, 15) is 14.0 Å². The molecule has 0 spiro atoms. The Balaban J connectivity index is 1.08. The van der Waals surface area contributed by atoms with Crippen molar-refractivity contribution in [3.8, 4) is 0 Å². The van der Waals surface area contributed by atoms with Gasteiger partial charge in [0, 0.05) is 31.1 Å². The van der Waals surface area contributed by atoms with Crippen LogP contribution in [0.25, 0.3) is 0 Å². The monoisotopic (exact) mass is 486 g/mol. The van der Waals surface area contributed by atoms with Crippen molar-refractivity contribution in [3.05, 3.63) is 35.6 Å². The molecule has 1 heterocycles. The summed E-state index contributed by atoms with van der Waals surface area (Å²) in [6.45, 7) is 3.04. The molecular weight excluding hydrogens is 443 g/mol. The molecule has 1 aromatic carbocycles. The average molecular weight is 487 g/mol. The van der Waals surface area contributed by atoms with Gasteiger partial charge in [-0.15, -0.1) is 0 Å². The minimum Gasteiger partial charge on any atom is -0.381 e. The summed E-state index contributed by atoms with van der Waals surface area (Å²) in [6, 6.07) is 6.31. The zero-order valence-electron chi connectivity index (χ0n) is 21.4. The van der Waals surface area contributed by atoms with Gasteiger partial charge in [0.2, 0.25) is 5.91 Å². The molecule has 0 bridgehead atoms. The predicted molar refractivity (Wildman–Crippen MR) is 136 cm³/mol. The topological polar surface area (TPSA) is 58.6 Å². The molecule has 5 nitrogen and oxygen atoms in total. The number of halogens is 1. The summed E-state index contributed by atoms with van der Waals surface area (Å²) in [4.78, 5) is 27.7. The zero-order chi connectivity index (χ0) is 24.6. The van der Waals surface area contributed by atoms with E-state index in [4.69, 9.17) is 4.74 Å². The van der Waals surface area contributed by atoms with Crippen LogP contribution in [0.3, 0.4) is 0 Å². The fourth-order valence-electron chi connectivity index (χ4n) is 6.35. The van der Waals surface area contributed by atoms with Crippen LogP contribution in [-0.4, -0.2) is 55.5 Å². The standard InChI is InChI=1S/C29H43FN2O3/c1-35-27-12-4-22(5-13-27)20-28(33)31-26-10-2-21(3-11-26)14-17-32-18-15-24(16-19-32)29(34)23-6-8-25(30)9-7-23/h6-9,21-22,24,26-27H,2-5,10-20H2,1H3,(H,31,33)/t21?,22-,26?,27-. The van der Waals surface area contributed by atoms with E-state index in [1.807, 2.05) is 0 Å². The van der Waals surface area contributed by atoms with Crippen molar-refractivity contribution < 1.29 is 18.7 Å². The minimum absolute atomic E-state index is 0.0609. The summed E-state index contributed by atoms with van der Waals surface area (Å²) < 4.78 is 18.6. The average Bonchev–Trinajstić information content (AvgIpc) is 2.89. The molecule has 1 aliphatic heterocycles. The van der Waals surface area contributed by atoms with Crippen LogP contribution in [0.4, 0.5) is 4.39 Å². The first kappa shape index (κ1) is 26.3. The molecule has 1 amide bonds. The number of nitrogens with one attached hydrogen (secondary N) is 1. The van der Waals surface area contributed by atoms with Crippen LogP contribution in [0.15, 0.2) is 24.3 Å². The molecular formula is C29H43FN2O3. The van der Waals surface area contributed by atoms with Gasteiger partial charge in [-0.2, -0.15) is 0 Å². The number of hydrogen-bond acceptors (Lipinski definition) is 4. The lowest BCUT2D eigenvalue weighted by atomic mass is 9.83. The summed E-state index contributed by atoms with van der Waals surface area (Å²) in [6.07, 6.45) is 13.0. The van der Waals surface area contributed by atoms with Gasteiger partial charge in [0.15, 0.2) is 5.78 Å². The first-order chi connectivity index (χ1) is 17.0. The summed E-state index contributed by atoms with van der Waals surface area (Å²) in [5, 5.41) is 3.32.